The minimum Gasteiger partial charge on any atom is -0.394 e. The molecule has 9 heteroatoms. The number of aromatic nitrogens is 4. The lowest BCUT2D eigenvalue weighted by atomic mass is 10.1. The zero-order chi connectivity index (χ0) is 17.6. The van der Waals surface area contributed by atoms with Crippen molar-refractivity contribution in [3.63, 3.8) is 0 Å². The van der Waals surface area contributed by atoms with Crippen LogP contribution in [0.3, 0.4) is 0 Å². The number of pyridine rings is 1. The van der Waals surface area contributed by atoms with Crippen molar-refractivity contribution in [2.45, 2.75) is 24.5 Å². The highest BCUT2D eigenvalue weighted by atomic mass is 16.6. The summed E-state index contributed by atoms with van der Waals surface area (Å²) < 4.78 is 7.21. The lowest BCUT2D eigenvalue weighted by Gasteiger charge is -2.17. The van der Waals surface area contributed by atoms with E-state index in [2.05, 4.69) is 15.0 Å². The van der Waals surface area contributed by atoms with Crippen LogP contribution in [0.2, 0.25) is 0 Å². The van der Waals surface area contributed by atoms with E-state index in [-0.39, 0.29) is 5.82 Å². The number of hydrogen-bond acceptors (Lipinski definition) is 8. The smallest absolute Gasteiger partial charge is 0.164 e. The van der Waals surface area contributed by atoms with Crippen LogP contribution in [0.1, 0.15) is 6.23 Å². The number of fused-ring (bicyclic) bond motifs is 1. The summed E-state index contributed by atoms with van der Waals surface area (Å²) >= 11 is 0. The van der Waals surface area contributed by atoms with E-state index in [4.69, 9.17) is 10.5 Å². The van der Waals surface area contributed by atoms with Gasteiger partial charge in [-0.15, -0.1) is 0 Å². The molecule has 1 aliphatic heterocycles. The Kier molecular flexibility index (Phi) is 3.85. The third-order valence-corrected chi connectivity index (χ3v) is 4.40. The van der Waals surface area contributed by atoms with E-state index < -0.39 is 31.1 Å². The van der Waals surface area contributed by atoms with Gasteiger partial charge in [0.25, 0.3) is 0 Å². The standard InChI is InChI=1S/C16H17N5O4/c17-14-11-9(8-2-1-3-18-4-8)5-21(15(11)20-7-19-14)16-13(24)12(23)10(6-22)25-16/h1-5,7,10,12-13,16,22-24H,6H2,(H2,17,19,20)/t10-,12-,13-,16?/m1/s1. The van der Waals surface area contributed by atoms with Crippen molar-refractivity contribution in [1.82, 2.24) is 19.5 Å². The first-order chi connectivity index (χ1) is 12.1. The van der Waals surface area contributed by atoms with Gasteiger partial charge in [-0.25, -0.2) is 9.97 Å². The molecule has 0 aliphatic carbocycles. The minimum atomic E-state index is -1.22. The fourth-order valence-corrected chi connectivity index (χ4v) is 3.15. The Morgan fingerprint density at radius 1 is 1.24 bits per heavy atom. The first-order valence-corrected chi connectivity index (χ1v) is 7.75. The van der Waals surface area contributed by atoms with Gasteiger partial charge in [0.1, 0.15) is 36.1 Å². The number of aliphatic hydroxyl groups excluding tert-OH is 3. The number of aliphatic hydroxyl groups is 3. The molecule has 1 unspecified atom stereocenters. The van der Waals surface area contributed by atoms with Crippen molar-refractivity contribution >= 4 is 16.9 Å². The van der Waals surface area contributed by atoms with E-state index in [9.17, 15) is 15.3 Å². The number of hydrogen-bond donors (Lipinski definition) is 4. The number of ether oxygens (including phenoxy) is 1. The molecule has 5 N–H and O–H groups in total. The van der Waals surface area contributed by atoms with Crippen LogP contribution in [0.4, 0.5) is 5.82 Å². The minimum absolute atomic E-state index is 0.286. The SMILES string of the molecule is Nc1ncnc2c1c(-c1cccnc1)cn2C1O[C@H](CO)[C@@H](O)[C@H]1O. The largest absolute Gasteiger partial charge is 0.394 e. The normalized spacial score (nSPS) is 26.4. The molecule has 0 spiro atoms. The second-order valence-corrected chi connectivity index (χ2v) is 5.88. The number of nitrogens with zero attached hydrogens (tertiary/aromatic N) is 4. The second kappa shape index (κ2) is 6.05. The molecule has 3 aromatic rings. The summed E-state index contributed by atoms with van der Waals surface area (Å²) in [5, 5.41) is 30.3. The maximum absolute atomic E-state index is 10.3. The summed E-state index contributed by atoms with van der Waals surface area (Å²) in [7, 11) is 0. The van der Waals surface area contributed by atoms with Crippen LogP contribution in [-0.2, 0) is 4.74 Å². The van der Waals surface area contributed by atoms with Crippen molar-refractivity contribution in [2.75, 3.05) is 12.3 Å². The van der Waals surface area contributed by atoms with Crippen molar-refractivity contribution in [2.24, 2.45) is 0 Å². The zero-order valence-corrected chi connectivity index (χ0v) is 13.1. The van der Waals surface area contributed by atoms with E-state index >= 15 is 0 Å². The fourth-order valence-electron chi connectivity index (χ4n) is 3.15. The van der Waals surface area contributed by atoms with Gasteiger partial charge in [-0.3, -0.25) is 4.98 Å². The molecule has 1 fully saturated rings. The highest BCUT2D eigenvalue weighted by molar-refractivity contribution is 6.00. The van der Waals surface area contributed by atoms with Gasteiger partial charge >= 0.3 is 0 Å². The van der Waals surface area contributed by atoms with Gasteiger partial charge in [-0.2, -0.15) is 0 Å². The summed E-state index contributed by atoms with van der Waals surface area (Å²) in [6.07, 6.45) is 2.19. The Morgan fingerprint density at radius 2 is 2.08 bits per heavy atom. The van der Waals surface area contributed by atoms with Gasteiger partial charge in [0, 0.05) is 29.7 Å². The zero-order valence-electron chi connectivity index (χ0n) is 13.1. The second-order valence-electron chi connectivity index (χ2n) is 5.88. The molecular weight excluding hydrogens is 326 g/mol. The van der Waals surface area contributed by atoms with E-state index in [0.29, 0.717) is 11.0 Å². The summed E-state index contributed by atoms with van der Waals surface area (Å²) in [6, 6.07) is 3.67. The Balaban J connectivity index is 1.90. The van der Waals surface area contributed by atoms with Crippen molar-refractivity contribution < 1.29 is 20.1 Å². The lowest BCUT2D eigenvalue weighted by molar-refractivity contribution is -0.0508. The average Bonchev–Trinajstić information content (AvgIpc) is 3.15. The van der Waals surface area contributed by atoms with E-state index in [1.165, 1.54) is 6.33 Å². The third-order valence-electron chi connectivity index (χ3n) is 4.40. The van der Waals surface area contributed by atoms with Crippen LogP contribution in [0, 0.1) is 0 Å². The van der Waals surface area contributed by atoms with Crippen LogP contribution in [0.25, 0.3) is 22.2 Å². The lowest BCUT2D eigenvalue weighted by Crippen LogP contribution is -2.33. The molecule has 25 heavy (non-hydrogen) atoms. The van der Waals surface area contributed by atoms with Gasteiger partial charge in [0.15, 0.2) is 6.23 Å². The van der Waals surface area contributed by atoms with Gasteiger partial charge < -0.3 is 30.4 Å². The summed E-state index contributed by atoms with van der Waals surface area (Å²) in [5.41, 5.74) is 8.04. The molecule has 0 bridgehead atoms. The molecule has 130 valence electrons. The summed E-state index contributed by atoms with van der Waals surface area (Å²) in [6.45, 7) is -0.402. The van der Waals surface area contributed by atoms with Crippen molar-refractivity contribution in [3.8, 4) is 11.1 Å². The molecule has 0 aromatic carbocycles. The van der Waals surface area contributed by atoms with Crippen molar-refractivity contribution in [1.29, 1.82) is 0 Å². The van der Waals surface area contributed by atoms with Crippen LogP contribution < -0.4 is 5.73 Å². The first kappa shape index (κ1) is 15.9. The molecule has 3 aromatic heterocycles. The first-order valence-electron chi connectivity index (χ1n) is 7.75. The molecule has 4 rings (SSSR count). The molecule has 4 heterocycles. The third kappa shape index (κ3) is 2.45. The number of nitrogens with two attached hydrogens (primary N) is 1. The van der Waals surface area contributed by atoms with Crippen LogP contribution >= 0.6 is 0 Å². The molecule has 4 atom stereocenters. The monoisotopic (exact) mass is 343 g/mol. The van der Waals surface area contributed by atoms with Crippen molar-refractivity contribution in [3.05, 3.63) is 37.1 Å². The van der Waals surface area contributed by atoms with Gasteiger partial charge in [0.2, 0.25) is 0 Å². The average molecular weight is 343 g/mol. The van der Waals surface area contributed by atoms with Gasteiger partial charge in [-0.05, 0) is 6.07 Å². The maximum Gasteiger partial charge on any atom is 0.164 e. The number of anilines is 1. The molecule has 9 nitrogen and oxygen atoms in total. The number of rotatable bonds is 3. The summed E-state index contributed by atoms with van der Waals surface area (Å²) in [4.78, 5) is 12.4. The van der Waals surface area contributed by atoms with Crippen LogP contribution in [-0.4, -0.2) is 59.8 Å². The Morgan fingerprint density at radius 3 is 2.76 bits per heavy atom. The maximum atomic E-state index is 10.3. The highest BCUT2D eigenvalue weighted by Gasteiger charge is 2.44. The predicted molar refractivity (Wildman–Crippen MR) is 88.2 cm³/mol. The van der Waals surface area contributed by atoms with Gasteiger partial charge in [0.05, 0.1) is 12.0 Å². The molecule has 0 saturated carbocycles. The highest BCUT2D eigenvalue weighted by Crippen LogP contribution is 2.37. The molecular formula is C16H17N5O4. The number of nitrogen functional groups attached to an aromatic ring is 1. The summed E-state index contributed by atoms with van der Waals surface area (Å²) in [5.74, 6) is 0.286. The Labute approximate surface area is 142 Å². The fraction of sp³-hybridized carbons (Fsp3) is 0.312. The quantitative estimate of drug-likeness (QED) is 0.508. The topological polar surface area (TPSA) is 140 Å². The molecule has 1 saturated heterocycles. The van der Waals surface area contributed by atoms with E-state index in [0.717, 1.165) is 11.1 Å². The molecule has 0 amide bonds. The van der Waals surface area contributed by atoms with E-state index in [1.807, 2.05) is 6.07 Å². The predicted octanol–water partition coefficient (Wildman–Crippen LogP) is -0.313. The molecule has 0 radical (unpaired) electrons. The van der Waals surface area contributed by atoms with Gasteiger partial charge in [-0.1, -0.05) is 6.07 Å². The molecule has 1 aliphatic rings. The Hall–Kier alpha value is -2.59. The van der Waals surface area contributed by atoms with Crippen LogP contribution in [0.15, 0.2) is 37.1 Å². The van der Waals surface area contributed by atoms with E-state index in [1.54, 1.807) is 29.2 Å². The Bertz CT molecular complexity index is 900. The van der Waals surface area contributed by atoms with Crippen LogP contribution in [0.5, 0.6) is 0 Å².